The van der Waals surface area contributed by atoms with Crippen molar-refractivity contribution >= 4 is 23.7 Å². The van der Waals surface area contributed by atoms with Crippen LogP contribution in [0.4, 0.5) is 10.5 Å². The third-order valence-electron chi connectivity index (χ3n) is 5.64. The van der Waals surface area contributed by atoms with Crippen LogP contribution in [0.2, 0.25) is 0 Å². The topological polar surface area (TPSA) is 44.4 Å². The Hall–Kier alpha value is -1.20. The molecule has 1 fully saturated rings. The van der Waals surface area contributed by atoms with Crippen molar-refractivity contribution in [3.63, 3.8) is 0 Å². The first-order valence-corrected chi connectivity index (χ1v) is 10.1. The molecule has 1 aromatic carbocycles. The van der Waals surface area contributed by atoms with Crippen molar-refractivity contribution in [3.8, 4) is 0 Å². The highest BCUT2D eigenvalue weighted by Crippen LogP contribution is 2.38. The van der Waals surface area contributed by atoms with Gasteiger partial charge in [-0.3, -0.25) is 9.62 Å². The SMILES string of the molecule is CC(C)N1CC(SNC(=O)Nc2c3c(cc4c2CCC4)CCC3)C1. The maximum Gasteiger partial charge on any atom is 0.329 e. The largest absolute Gasteiger partial charge is 0.329 e. The molecule has 1 saturated heterocycles. The molecule has 5 heteroatoms. The fourth-order valence-electron chi connectivity index (χ4n) is 4.21. The van der Waals surface area contributed by atoms with Crippen molar-refractivity contribution < 1.29 is 4.79 Å². The van der Waals surface area contributed by atoms with Crippen LogP contribution >= 0.6 is 11.9 Å². The molecule has 1 heterocycles. The molecule has 2 amide bonds. The Labute approximate surface area is 148 Å². The Morgan fingerprint density at radius 1 is 1.12 bits per heavy atom. The van der Waals surface area contributed by atoms with E-state index in [9.17, 15) is 4.79 Å². The number of carbonyl (C=O) groups excluding carboxylic acids is 1. The van der Waals surface area contributed by atoms with Crippen molar-refractivity contribution in [2.75, 3.05) is 18.4 Å². The number of hydrogen-bond acceptors (Lipinski definition) is 3. The lowest BCUT2D eigenvalue weighted by Crippen LogP contribution is -2.53. The smallest absolute Gasteiger partial charge is 0.307 e. The van der Waals surface area contributed by atoms with Crippen LogP contribution in [0.1, 0.15) is 48.9 Å². The summed E-state index contributed by atoms with van der Waals surface area (Å²) >= 11 is 1.57. The molecule has 0 unspecified atom stereocenters. The highest BCUT2D eigenvalue weighted by Gasteiger charge is 2.30. The van der Waals surface area contributed by atoms with Crippen LogP contribution in [-0.2, 0) is 25.7 Å². The van der Waals surface area contributed by atoms with Crippen LogP contribution in [0.5, 0.6) is 0 Å². The number of urea groups is 1. The molecule has 1 aliphatic heterocycles. The molecule has 0 aromatic heterocycles. The van der Waals surface area contributed by atoms with Crippen molar-refractivity contribution in [1.29, 1.82) is 0 Å². The predicted octanol–water partition coefficient (Wildman–Crippen LogP) is 3.53. The number of hydrogen-bond donors (Lipinski definition) is 2. The van der Waals surface area contributed by atoms with Gasteiger partial charge in [-0.15, -0.1) is 0 Å². The zero-order valence-electron chi connectivity index (χ0n) is 14.7. The molecule has 1 aromatic rings. The standard InChI is InChI=1S/C19H27N3OS/c1-12(2)22-10-15(11-22)24-21-19(23)20-18-16-7-3-5-13(16)9-14-6-4-8-17(14)18/h9,12,15H,3-8,10-11H2,1-2H3,(H2,20,21,23). The van der Waals surface area contributed by atoms with E-state index >= 15 is 0 Å². The zero-order valence-corrected chi connectivity index (χ0v) is 15.5. The molecule has 4 nitrogen and oxygen atoms in total. The van der Waals surface area contributed by atoms with Crippen molar-refractivity contribution in [2.24, 2.45) is 0 Å². The van der Waals surface area contributed by atoms with Gasteiger partial charge < -0.3 is 5.32 Å². The molecule has 3 aliphatic rings. The van der Waals surface area contributed by atoms with E-state index in [4.69, 9.17) is 0 Å². The number of aryl methyl sites for hydroxylation is 2. The molecule has 2 N–H and O–H groups in total. The first-order valence-electron chi connectivity index (χ1n) is 9.25. The Morgan fingerprint density at radius 2 is 1.75 bits per heavy atom. The van der Waals surface area contributed by atoms with E-state index in [1.165, 1.54) is 47.9 Å². The molecule has 4 rings (SSSR count). The number of rotatable bonds is 4. The lowest BCUT2D eigenvalue weighted by Gasteiger charge is -2.41. The van der Waals surface area contributed by atoms with Crippen LogP contribution in [0, 0.1) is 0 Å². The molecular formula is C19H27N3OS. The summed E-state index contributed by atoms with van der Waals surface area (Å²) in [6, 6.07) is 2.94. The Bertz CT molecular complexity index is 620. The summed E-state index contributed by atoms with van der Waals surface area (Å²) in [5.74, 6) is 0. The van der Waals surface area contributed by atoms with Crippen LogP contribution in [0.25, 0.3) is 0 Å². The van der Waals surface area contributed by atoms with Gasteiger partial charge in [0, 0.05) is 24.8 Å². The van der Waals surface area contributed by atoms with Crippen molar-refractivity contribution in [2.45, 2.75) is 63.7 Å². The molecular weight excluding hydrogens is 318 g/mol. The third kappa shape index (κ3) is 3.04. The predicted molar refractivity (Wildman–Crippen MR) is 101 cm³/mol. The van der Waals surface area contributed by atoms with Gasteiger partial charge in [-0.05, 0) is 86.6 Å². The molecule has 24 heavy (non-hydrogen) atoms. The number of fused-ring (bicyclic) bond motifs is 2. The van der Waals surface area contributed by atoms with Gasteiger partial charge in [-0.1, -0.05) is 6.07 Å². The van der Waals surface area contributed by atoms with E-state index in [-0.39, 0.29) is 6.03 Å². The summed E-state index contributed by atoms with van der Waals surface area (Å²) in [7, 11) is 0. The summed E-state index contributed by atoms with van der Waals surface area (Å²) in [5, 5.41) is 3.71. The summed E-state index contributed by atoms with van der Waals surface area (Å²) in [6.07, 6.45) is 6.99. The Balaban J connectivity index is 1.38. The van der Waals surface area contributed by atoms with E-state index in [1.807, 2.05) is 0 Å². The second-order valence-corrected chi connectivity index (χ2v) is 8.68. The van der Waals surface area contributed by atoms with Gasteiger partial charge in [0.2, 0.25) is 0 Å². The van der Waals surface area contributed by atoms with Gasteiger partial charge in [-0.2, -0.15) is 0 Å². The quantitative estimate of drug-likeness (QED) is 0.821. The summed E-state index contributed by atoms with van der Waals surface area (Å²) in [4.78, 5) is 14.8. The minimum Gasteiger partial charge on any atom is -0.307 e. The molecule has 2 aliphatic carbocycles. The van der Waals surface area contributed by atoms with Gasteiger partial charge in [0.1, 0.15) is 0 Å². The Kier molecular flexibility index (Phi) is 4.48. The van der Waals surface area contributed by atoms with Crippen LogP contribution < -0.4 is 10.0 Å². The molecule has 0 bridgehead atoms. The number of nitrogens with zero attached hydrogens (tertiary/aromatic N) is 1. The number of anilines is 1. The molecule has 0 atom stereocenters. The summed E-state index contributed by atoms with van der Waals surface area (Å²) in [6.45, 7) is 6.58. The molecule has 0 radical (unpaired) electrons. The van der Waals surface area contributed by atoms with Gasteiger partial charge in [0.05, 0.1) is 5.25 Å². The minimum atomic E-state index is -0.0580. The molecule has 0 saturated carbocycles. The van der Waals surface area contributed by atoms with E-state index < -0.39 is 0 Å². The average Bonchev–Trinajstić information content (AvgIpc) is 3.13. The molecule has 0 spiro atoms. The summed E-state index contributed by atoms with van der Waals surface area (Å²) < 4.78 is 3.01. The van der Waals surface area contributed by atoms with Crippen LogP contribution in [0.15, 0.2) is 6.07 Å². The number of carbonyl (C=O) groups is 1. The third-order valence-corrected chi connectivity index (χ3v) is 6.57. The number of likely N-dealkylation sites (tertiary alicyclic amines) is 1. The van der Waals surface area contributed by atoms with Crippen LogP contribution in [0.3, 0.4) is 0 Å². The number of benzene rings is 1. The molecule has 130 valence electrons. The van der Waals surface area contributed by atoms with Crippen LogP contribution in [-0.4, -0.2) is 35.3 Å². The van der Waals surface area contributed by atoms with Gasteiger partial charge >= 0.3 is 6.03 Å². The second kappa shape index (κ2) is 6.60. The fraction of sp³-hybridized carbons (Fsp3) is 0.632. The lowest BCUT2D eigenvalue weighted by atomic mass is 9.99. The highest BCUT2D eigenvalue weighted by molar-refractivity contribution is 7.98. The maximum absolute atomic E-state index is 12.4. The first-order chi connectivity index (χ1) is 11.6. The monoisotopic (exact) mass is 345 g/mol. The maximum atomic E-state index is 12.4. The van der Waals surface area contributed by atoms with Crippen molar-refractivity contribution in [1.82, 2.24) is 9.62 Å². The highest BCUT2D eigenvalue weighted by atomic mass is 32.2. The normalized spacial score (nSPS) is 20.0. The fourth-order valence-corrected chi connectivity index (χ4v) is 5.07. The average molecular weight is 346 g/mol. The van der Waals surface area contributed by atoms with E-state index in [1.54, 1.807) is 11.9 Å². The van der Waals surface area contributed by atoms with Gasteiger partial charge in [0.25, 0.3) is 0 Å². The lowest BCUT2D eigenvalue weighted by molar-refractivity contribution is 0.146. The van der Waals surface area contributed by atoms with Crippen molar-refractivity contribution in [3.05, 3.63) is 28.3 Å². The number of amides is 2. The van der Waals surface area contributed by atoms with Gasteiger partial charge in [0.15, 0.2) is 0 Å². The second-order valence-electron chi connectivity index (χ2n) is 7.58. The number of nitrogens with one attached hydrogen (secondary N) is 2. The minimum absolute atomic E-state index is 0.0580. The van der Waals surface area contributed by atoms with E-state index in [2.05, 4.69) is 34.9 Å². The Morgan fingerprint density at radius 3 is 2.33 bits per heavy atom. The zero-order chi connectivity index (χ0) is 16.7. The van der Waals surface area contributed by atoms with E-state index in [0.717, 1.165) is 31.6 Å². The van der Waals surface area contributed by atoms with E-state index in [0.29, 0.717) is 11.3 Å². The summed E-state index contributed by atoms with van der Waals surface area (Å²) in [5.41, 5.74) is 6.85. The van der Waals surface area contributed by atoms with Gasteiger partial charge in [-0.25, -0.2) is 4.79 Å². The first kappa shape index (κ1) is 16.3.